The van der Waals surface area contributed by atoms with Gasteiger partial charge in [0, 0.05) is 6.04 Å². The van der Waals surface area contributed by atoms with E-state index in [0.717, 1.165) is 5.56 Å². The molecule has 0 saturated heterocycles. The van der Waals surface area contributed by atoms with Crippen LogP contribution in [0.25, 0.3) is 0 Å². The van der Waals surface area contributed by atoms with Gasteiger partial charge in [0.2, 0.25) is 0 Å². The molecule has 1 rings (SSSR count). The van der Waals surface area contributed by atoms with Crippen molar-refractivity contribution in [1.29, 1.82) is 5.26 Å². The number of nitrogens with zero attached hydrogens (tertiary/aromatic N) is 1. The van der Waals surface area contributed by atoms with Crippen molar-refractivity contribution >= 4 is 5.69 Å². The number of nitriles is 1. The van der Waals surface area contributed by atoms with Gasteiger partial charge in [-0.1, -0.05) is 6.07 Å². The van der Waals surface area contributed by atoms with Gasteiger partial charge in [0.05, 0.1) is 25.3 Å². The monoisotopic (exact) mass is 191 g/mol. The predicted octanol–water partition coefficient (Wildman–Crippen LogP) is 1.19. The molecule has 14 heavy (non-hydrogen) atoms. The fourth-order valence-electron chi connectivity index (χ4n) is 1.17. The summed E-state index contributed by atoms with van der Waals surface area (Å²) in [5, 5.41) is 8.49. The molecule has 0 aliphatic carbocycles. The summed E-state index contributed by atoms with van der Waals surface area (Å²) in [7, 11) is 1.55. The SMILES string of the molecule is COc1cc(C(N)CC#N)ccc1N. The Morgan fingerprint density at radius 2 is 2.29 bits per heavy atom. The molecule has 74 valence electrons. The van der Waals surface area contributed by atoms with Crippen molar-refractivity contribution in [3.05, 3.63) is 23.8 Å². The summed E-state index contributed by atoms with van der Waals surface area (Å²) < 4.78 is 5.05. The van der Waals surface area contributed by atoms with Crippen LogP contribution in [0.3, 0.4) is 0 Å². The Bertz CT molecular complexity index is 357. The molecule has 4 nitrogen and oxygen atoms in total. The van der Waals surface area contributed by atoms with Gasteiger partial charge in [0.1, 0.15) is 5.75 Å². The lowest BCUT2D eigenvalue weighted by Gasteiger charge is -2.11. The van der Waals surface area contributed by atoms with Crippen LogP contribution in [0.4, 0.5) is 5.69 Å². The summed E-state index contributed by atoms with van der Waals surface area (Å²) in [4.78, 5) is 0. The zero-order chi connectivity index (χ0) is 10.6. The molecule has 4 N–H and O–H groups in total. The maximum atomic E-state index is 8.49. The third kappa shape index (κ3) is 2.15. The normalized spacial score (nSPS) is 11.8. The molecule has 0 aromatic heterocycles. The summed E-state index contributed by atoms with van der Waals surface area (Å²) in [5.74, 6) is 0.593. The second-order valence-electron chi connectivity index (χ2n) is 2.97. The average molecular weight is 191 g/mol. The zero-order valence-electron chi connectivity index (χ0n) is 8.03. The van der Waals surface area contributed by atoms with Crippen molar-refractivity contribution in [3.63, 3.8) is 0 Å². The largest absolute Gasteiger partial charge is 0.495 e. The number of hydrogen-bond donors (Lipinski definition) is 2. The summed E-state index contributed by atoms with van der Waals surface area (Å²) in [5.41, 5.74) is 12.8. The van der Waals surface area contributed by atoms with Crippen molar-refractivity contribution in [2.24, 2.45) is 5.73 Å². The standard InChI is InChI=1S/C10H13N3O/c1-14-10-6-7(2-3-9(10)13)8(12)4-5-11/h2-3,6,8H,4,12-13H2,1H3. The highest BCUT2D eigenvalue weighted by Gasteiger charge is 2.07. The Labute approximate surface area is 83.1 Å². The molecule has 1 atom stereocenters. The van der Waals surface area contributed by atoms with Crippen LogP contribution < -0.4 is 16.2 Å². The number of nitrogen functional groups attached to an aromatic ring is 1. The van der Waals surface area contributed by atoms with Crippen molar-refractivity contribution in [2.75, 3.05) is 12.8 Å². The van der Waals surface area contributed by atoms with E-state index in [0.29, 0.717) is 11.4 Å². The molecule has 4 heteroatoms. The molecular formula is C10H13N3O. The minimum absolute atomic E-state index is 0.283. The topological polar surface area (TPSA) is 85.1 Å². The first-order chi connectivity index (χ1) is 6.69. The lowest BCUT2D eigenvalue weighted by Crippen LogP contribution is -2.09. The molecule has 0 heterocycles. The molecular weight excluding hydrogens is 178 g/mol. The summed E-state index contributed by atoms with van der Waals surface area (Å²) in [6, 6.07) is 7.03. The molecule has 1 aromatic carbocycles. The Hall–Kier alpha value is -1.73. The van der Waals surface area contributed by atoms with E-state index in [1.807, 2.05) is 6.07 Å². The van der Waals surface area contributed by atoms with Crippen molar-refractivity contribution in [1.82, 2.24) is 0 Å². The fraction of sp³-hybridized carbons (Fsp3) is 0.300. The highest BCUT2D eigenvalue weighted by Crippen LogP contribution is 2.25. The predicted molar refractivity (Wildman–Crippen MR) is 54.6 cm³/mol. The number of ether oxygens (including phenoxy) is 1. The molecule has 0 radical (unpaired) electrons. The van der Waals surface area contributed by atoms with E-state index in [-0.39, 0.29) is 12.5 Å². The average Bonchev–Trinajstić information content (AvgIpc) is 2.19. The minimum atomic E-state index is -0.283. The first-order valence-corrected chi connectivity index (χ1v) is 4.25. The Balaban J connectivity index is 2.95. The van der Waals surface area contributed by atoms with Crippen LogP contribution in [0.1, 0.15) is 18.0 Å². The van der Waals surface area contributed by atoms with Crippen LogP contribution in [0, 0.1) is 11.3 Å². The van der Waals surface area contributed by atoms with Crippen molar-refractivity contribution < 1.29 is 4.74 Å². The molecule has 0 bridgehead atoms. The van der Waals surface area contributed by atoms with Crippen LogP contribution in [0.15, 0.2) is 18.2 Å². The zero-order valence-corrected chi connectivity index (χ0v) is 8.03. The van der Waals surface area contributed by atoms with E-state index in [1.165, 1.54) is 0 Å². The van der Waals surface area contributed by atoms with Gasteiger partial charge in [-0.2, -0.15) is 5.26 Å². The summed E-state index contributed by atoms with van der Waals surface area (Å²) in [6.07, 6.45) is 0.285. The number of hydrogen-bond acceptors (Lipinski definition) is 4. The lowest BCUT2D eigenvalue weighted by atomic mass is 10.0. The van der Waals surface area contributed by atoms with Gasteiger partial charge in [-0.3, -0.25) is 0 Å². The molecule has 0 saturated carbocycles. The van der Waals surface area contributed by atoms with Crippen LogP contribution in [-0.4, -0.2) is 7.11 Å². The Morgan fingerprint density at radius 1 is 1.57 bits per heavy atom. The molecule has 0 fully saturated rings. The highest BCUT2D eigenvalue weighted by molar-refractivity contribution is 5.54. The van der Waals surface area contributed by atoms with Gasteiger partial charge in [-0.05, 0) is 17.7 Å². The third-order valence-electron chi connectivity index (χ3n) is 2.00. The smallest absolute Gasteiger partial charge is 0.142 e. The fourth-order valence-corrected chi connectivity index (χ4v) is 1.17. The maximum Gasteiger partial charge on any atom is 0.142 e. The van der Waals surface area contributed by atoms with E-state index in [9.17, 15) is 0 Å². The maximum absolute atomic E-state index is 8.49. The van der Waals surface area contributed by atoms with Gasteiger partial charge in [-0.25, -0.2) is 0 Å². The third-order valence-corrected chi connectivity index (χ3v) is 2.00. The van der Waals surface area contributed by atoms with Gasteiger partial charge in [-0.15, -0.1) is 0 Å². The van der Waals surface area contributed by atoms with E-state index in [2.05, 4.69) is 0 Å². The second kappa shape index (κ2) is 4.49. The molecule has 0 aliphatic rings. The van der Waals surface area contributed by atoms with Crippen LogP contribution in [-0.2, 0) is 0 Å². The van der Waals surface area contributed by atoms with Crippen molar-refractivity contribution in [2.45, 2.75) is 12.5 Å². The quantitative estimate of drug-likeness (QED) is 0.703. The van der Waals surface area contributed by atoms with Crippen molar-refractivity contribution in [3.8, 4) is 11.8 Å². The van der Waals surface area contributed by atoms with Gasteiger partial charge < -0.3 is 16.2 Å². The number of methoxy groups -OCH3 is 1. The first-order valence-electron chi connectivity index (χ1n) is 4.25. The number of nitrogens with two attached hydrogens (primary N) is 2. The van der Waals surface area contributed by atoms with Gasteiger partial charge in [0.15, 0.2) is 0 Å². The second-order valence-corrected chi connectivity index (χ2v) is 2.97. The molecule has 0 amide bonds. The highest BCUT2D eigenvalue weighted by atomic mass is 16.5. The molecule has 0 aliphatic heterocycles. The van der Waals surface area contributed by atoms with E-state index in [4.69, 9.17) is 21.5 Å². The number of rotatable bonds is 3. The van der Waals surface area contributed by atoms with E-state index in [1.54, 1.807) is 25.3 Å². The number of anilines is 1. The van der Waals surface area contributed by atoms with Crippen LogP contribution in [0.5, 0.6) is 5.75 Å². The molecule has 1 aromatic rings. The Morgan fingerprint density at radius 3 is 2.86 bits per heavy atom. The van der Waals surface area contributed by atoms with Gasteiger partial charge in [0.25, 0.3) is 0 Å². The number of benzene rings is 1. The van der Waals surface area contributed by atoms with E-state index < -0.39 is 0 Å². The minimum Gasteiger partial charge on any atom is -0.495 e. The molecule has 1 unspecified atom stereocenters. The summed E-state index contributed by atoms with van der Waals surface area (Å²) >= 11 is 0. The first kappa shape index (κ1) is 10.4. The van der Waals surface area contributed by atoms with Crippen LogP contribution in [0.2, 0.25) is 0 Å². The van der Waals surface area contributed by atoms with Crippen LogP contribution >= 0.6 is 0 Å². The lowest BCUT2D eigenvalue weighted by molar-refractivity contribution is 0.416. The molecule has 0 spiro atoms. The van der Waals surface area contributed by atoms with Gasteiger partial charge >= 0.3 is 0 Å². The van der Waals surface area contributed by atoms with E-state index >= 15 is 0 Å². The summed E-state index contributed by atoms with van der Waals surface area (Å²) in [6.45, 7) is 0. The Kier molecular flexibility index (Phi) is 3.32.